The summed E-state index contributed by atoms with van der Waals surface area (Å²) in [5.74, 6) is -0.128. The van der Waals surface area contributed by atoms with E-state index in [4.69, 9.17) is 11.6 Å². The first-order chi connectivity index (χ1) is 9.06. The molecule has 1 aliphatic carbocycles. The standard InChI is InChI=1S/C14H17BrClNO2/c15-11-7-10(3-4-12(11)16)13(19)17-8-14(9-18)5-1-2-6-14/h3-4,7,18H,1-2,5-6,8-9H2,(H,17,19). The van der Waals surface area contributed by atoms with Crippen molar-refractivity contribution in [3.05, 3.63) is 33.3 Å². The highest BCUT2D eigenvalue weighted by Crippen LogP contribution is 2.37. The Kier molecular flexibility index (Phi) is 4.87. The molecule has 0 aromatic heterocycles. The Balaban J connectivity index is 1.99. The van der Waals surface area contributed by atoms with Gasteiger partial charge < -0.3 is 10.4 Å². The molecule has 0 unspecified atom stereocenters. The molecule has 1 fully saturated rings. The molecule has 0 heterocycles. The molecule has 0 aliphatic heterocycles. The topological polar surface area (TPSA) is 49.3 Å². The van der Waals surface area contributed by atoms with E-state index in [2.05, 4.69) is 21.2 Å². The zero-order chi connectivity index (χ0) is 13.9. The summed E-state index contributed by atoms with van der Waals surface area (Å²) >= 11 is 9.20. The van der Waals surface area contributed by atoms with E-state index in [0.717, 1.165) is 25.7 Å². The average molecular weight is 347 g/mol. The van der Waals surface area contributed by atoms with E-state index in [0.29, 0.717) is 21.6 Å². The van der Waals surface area contributed by atoms with Crippen LogP contribution in [0.1, 0.15) is 36.0 Å². The van der Waals surface area contributed by atoms with E-state index >= 15 is 0 Å². The molecule has 2 rings (SSSR count). The predicted molar refractivity (Wildman–Crippen MR) is 79.5 cm³/mol. The molecular formula is C14H17BrClNO2. The minimum absolute atomic E-state index is 0.126. The van der Waals surface area contributed by atoms with Crippen molar-refractivity contribution >= 4 is 33.4 Å². The third kappa shape index (κ3) is 3.50. The maximum absolute atomic E-state index is 12.1. The Hall–Kier alpha value is -0.580. The molecule has 0 radical (unpaired) electrons. The molecule has 104 valence electrons. The van der Waals surface area contributed by atoms with Crippen LogP contribution in [0.3, 0.4) is 0 Å². The van der Waals surface area contributed by atoms with E-state index in [1.54, 1.807) is 18.2 Å². The second kappa shape index (κ2) is 6.25. The Labute approximate surface area is 126 Å². The van der Waals surface area contributed by atoms with Gasteiger partial charge in [-0.3, -0.25) is 4.79 Å². The van der Waals surface area contributed by atoms with E-state index in [1.165, 1.54) is 0 Å². The molecule has 19 heavy (non-hydrogen) atoms. The lowest BCUT2D eigenvalue weighted by Crippen LogP contribution is -2.38. The minimum Gasteiger partial charge on any atom is -0.396 e. The number of benzene rings is 1. The van der Waals surface area contributed by atoms with Crippen LogP contribution in [0.15, 0.2) is 22.7 Å². The second-order valence-electron chi connectivity index (χ2n) is 5.18. The smallest absolute Gasteiger partial charge is 0.251 e. The van der Waals surface area contributed by atoms with Gasteiger partial charge in [0.25, 0.3) is 5.91 Å². The van der Waals surface area contributed by atoms with Gasteiger partial charge in [0.05, 0.1) is 11.6 Å². The molecule has 1 aliphatic rings. The summed E-state index contributed by atoms with van der Waals surface area (Å²) in [5.41, 5.74) is 0.446. The number of hydrogen-bond donors (Lipinski definition) is 2. The van der Waals surface area contributed by atoms with Gasteiger partial charge in [0.2, 0.25) is 0 Å². The molecule has 0 atom stereocenters. The van der Waals surface area contributed by atoms with Crippen molar-refractivity contribution in [2.75, 3.05) is 13.2 Å². The number of rotatable bonds is 4. The molecule has 0 spiro atoms. The monoisotopic (exact) mass is 345 g/mol. The zero-order valence-corrected chi connectivity index (χ0v) is 12.9. The van der Waals surface area contributed by atoms with Gasteiger partial charge in [0.1, 0.15) is 0 Å². The quantitative estimate of drug-likeness (QED) is 0.878. The van der Waals surface area contributed by atoms with Crippen molar-refractivity contribution in [2.24, 2.45) is 5.41 Å². The lowest BCUT2D eigenvalue weighted by Gasteiger charge is -2.26. The van der Waals surface area contributed by atoms with Crippen molar-refractivity contribution in [2.45, 2.75) is 25.7 Å². The number of hydrogen-bond acceptors (Lipinski definition) is 2. The summed E-state index contributed by atoms with van der Waals surface area (Å²) in [7, 11) is 0. The van der Waals surface area contributed by atoms with Crippen LogP contribution in [-0.2, 0) is 0 Å². The summed E-state index contributed by atoms with van der Waals surface area (Å²) < 4.78 is 0.708. The fourth-order valence-corrected chi connectivity index (χ4v) is 3.02. The lowest BCUT2D eigenvalue weighted by molar-refractivity contribution is 0.0880. The van der Waals surface area contributed by atoms with Crippen molar-refractivity contribution in [3.63, 3.8) is 0 Å². The number of carbonyl (C=O) groups is 1. The summed E-state index contributed by atoms with van der Waals surface area (Å²) in [6.45, 7) is 0.667. The van der Waals surface area contributed by atoms with Crippen molar-refractivity contribution < 1.29 is 9.90 Å². The largest absolute Gasteiger partial charge is 0.396 e. The normalized spacial score (nSPS) is 17.4. The van der Waals surface area contributed by atoms with Gasteiger partial charge in [0.15, 0.2) is 0 Å². The minimum atomic E-state index is -0.128. The first kappa shape index (κ1) is 14.8. The van der Waals surface area contributed by atoms with E-state index < -0.39 is 0 Å². The van der Waals surface area contributed by atoms with Gasteiger partial charge in [-0.1, -0.05) is 24.4 Å². The van der Waals surface area contributed by atoms with Gasteiger partial charge in [-0.05, 0) is 47.0 Å². The number of aliphatic hydroxyl groups excluding tert-OH is 1. The Morgan fingerprint density at radius 3 is 2.68 bits per heavy atom. The molecule has 1 amide bonds. The first-order valence-electron chi connectivity index (χ1n) is 6.40. The van der Waals surface area contributed by atoms with Crippen LogP contribution in [0.25, 0.3) is 0 Å². The summed E-state index contributed by atoms with van der Waals surface area (Å²) in [4.78, 5) is 12.1. The SMILES string of the molecule is O=C(NCC1(CO)CCCC1)c1ccc(Cl)c(Br)c1. The fraction of sp³-hybridized carbons (Fsp3) is 0.500. The van der Waals surface area contributed by atoms with Crippen molar-refractivity contribution in [1.29, 1.82) is 0 Å². The van der Waals surface area contributed by atoms with E-state index in [-0.39, 0.29) is 17.9 Å². The lowest BCUT2D eigenvalue weighted by atomic mass is 9.87. The zero-order valence-electron chi connectivity index (χ0n) is 10.6. The highest BCUT2D eigenvalue weighted by Gasteiger charge is 2.33. The van der Waals surface area contributed by atoms with Gasteiger partial charge >= 0.3 is 0 Å². The average Bonchev–Trinajstić information content (AvgIpc) is 2.89. The Bertz CT molecular complexity index is 473. The third-order valence-electron chi connectivity index (χ3n) is 3.81. The highest BCUT2D eigenvalue weighted by molar-refractivity contribution is 9.10. The van der Waals surface area contributed by atoms with Crippen LogP contribution >= 0.6 is 27.5 Å². The first-order valence-corrected chi connectivity index (χ1v) is 7.58. The third-order valence-corrected chi connectivity index (χ3v) is 5.02. The summed E-state index contributed by atoms with van der Waals surface area (Å²) in [5, 5.41) is 13.0. The molecule has 1 aromatic rings. The van der Waals surface area contributed by atoms with Gasteiger partial charge in [-0.15, -0.1) is 0 Å². The van der Waals surface area contributed by atoms with Crippen LogP contribution in [0, 0.1) is 5.41 Å². The van der Waals surface area contributed by atoms with E-state index in [9.17, 15) is 9.90 Å². The maximum Gasteiger partial charge on any atom is 0.251 e. The Morgan fingerprint density at radius 2 is 2.11 bits per heavy atom. The molecule has 5 heteroatoms. The molecule has 0 saturated heterocycles. The predicted octanol–water partition coefficient (Wildman–Crippen LogP) is 3.39. The number of amides is 1. The van der Waals surface area contributed by atoms with Crippen LogP contribution in [0.4, 0.5) is 0 Å². The fourth-order valence-electron chi connectivity index (χ4n) is 2.52. The van der Waals surface area contributed by atoms with Gasteiger partial charge in [-0.25, -0.2) is 0 Å². The van der Waals surface area contributed by atoms with Crippen LogP contribution in [0.5, 0.6) is 0 Å². The molecule has 1 saturated carbocycles. The van der Waals surface area contributed by atoms with Crippen LogP contribution in [-0.4, -0.2) is 24.2 Å². The Morgan fingerprint density at radius 1 is 1.42 bits per heavy atom. The molecule has 0 bridgehead atoms. The molecule has 3 nitrogen and oxygen atoms in total. The maximum atomic E-state index is 12.1. The number of halogens is 2. The summed E-state index contributed by atoms with van der Waals surface area (Å²) in [6.07, 6.45) is 4.22. The molecule has 2 N–H and O–H groups in total. The van der Waals surface area contributed by atoms with Crippen LogP contribution in [0.2, 0.25) is 5.02 Å². The summed E-state index contributed by atoms with van der Waals surface area (Å²) in [6, 6.07) is 5.10. The second-order valence-corrected chi connectivity index (χ2v) is 6.44. The number of nitrogens with one attached hydrogen (secondary N) is 1. The number of carbonyl (C=O) groups excluding carboxylic acids is 1. The molecular weight excluding hydrogens is 330 g/mol. The van der Waals surface area contributed by atoms with Gasteiger partial charge in [-0.2, -0.15) is 0 Å². The molecule has 1 aromatic carbocycles. The highest BCUT2D eigenvalue weighted by atomic mass is 79.9. The van der Waals surface area contributed by atoms with Crippen LogP contribution < -0.4 is 5.32 Å². The van der Waals surface area contributed by atoms with Crippen molar-refractivity contribution in [1.82, 2.24) is 5.32 Å². The van der Waals surface area contributed by atoms with Gasteiger partial charge in [0, 0.05) is 22.0 Å². The number of aliphatic hydroxyl groups is 1. The van der Waals surface area contributed by atoms with E-state index in [1.807, 2.05) is 0 Å². The van der Waals surface area contributed by atoms with Crippen molar-refractivity contribution in [3.8, 4) is 0 Å².